The highest BCUT2D eigenvalue weighted by Gasteiger charge is 2.31. The second kappa shape index (κ2) is 11.0. The molecule has 2 aromatic carbocycles. The van der Waals surface area contributed by atoms with Crippen LogP contribution in [0.4, 0.5) is 17.5 Å². The van der Waals surface area contributed by atoms with Gasteiger partial charge in [-0.05, 0) is 24.6 Å². The van der Waals surface area contributed by atoms with E-state index in [0.29, 0.717) is 43.0 Å². The standard InChI is InChI=1S/C27H28ClN7O2/c1-3-29-26-21-15-34(11-12-36)14-20(18-7-5-4-6-8-18)25(21)32-27(33-26)31-19-9-10-22(23(13-19)37-2)35-16-24(28)30-17-35/h4-10,12-13,16-17,20H,3,11,14-15H2,1-2H3,(H2,29,31,32,33). The van der Waals surface area contributed by atoms with Gasteiger partial charge in [-0.1, -0.05) is 41.9 Å². The Balaban J connectivity index is 1.53. The largest absolute Gasteiger partial charge is 0.494 e. The third-order valence-corrected chi connectivity index (χ3v) is 6.53. The van der Waals surface area contributed by atoms with Crippen LogP contribution in [-0.2, 0) is 11.3 Å². The number of carbonyl (C=O) groups is 1. The molecule has 1 unspecified atom stereocenters. The van der Waals surface area contributed by atoms with Crippen LogP contribution >= 0.6 is 11.6 Å². The summed E-state index contributed by atoms with van der Waals surface area (Å²) in [6, 6.07) is 16.0. The maximum atomic E-state index is 11.3. The maximum Gasteiger partial charge on any atom is 0.229 e. The Morgan fingerprint density at radius 2 is 2.03 bits per heavy atom. The first kappa shape index (κ1) is 24.7. The number of hydrogen-bond donors (Lipinski definition) is 2. The van der Waals surface area contributed by atoms with Crippen LogP contribution in [0.15, 0.2) is 61.1 Å². The SMILES string of the molecule is CCNc1nc(Nc2ccc(-n3cnc(Cl)c3)c(OC)c2)nc2c1CN(CC=O)CC2c1ccccc1. The zero-order chi connectivity index (χ0) is 25.8. The molecule has 1 aliphatic heterocycles. The van der Waals surface area contributed by atoms with Crippen molar-refractivity contribution in [2.45, 2.75) is 19.4 Å². The fourth-order valence-electron chi connectivity index (χ4n) is 4.67. The second-order valence-electron chi connectivity index (χ2n) is 8.73. The Hall–Kier alpha value is -3.95. The summed E-state index contributed by atoms with van der Waals surface area (Å²) in [5.41, 5.74) is 4.71. The van der Waals surface area contributed by atoms with E-state index in [1.54, 1.807) is 24.2 Å². The minimum atomic E-state index is 0.00811. The van der Waals surface area contributed by atoms with E-state index < -0.39 is 0 Å². The molecule has 0 fully saturated rings. The molecule has 2 N–H and O–H groups in total. The molecule has 1 atom stereocenters. The van der Waals surface area contributed by atoms with Crippen LogP contribution in [0.1, 0.15) is 29.7 Å². The van der Waals surface area contributed by atoms with E-state index in [1.807, 2.05) is 43.3 Å². The summed E-state index contributed by atoms with van der Waals surface area (Å²) in [5, 5.41) is 7.16. The highest BCUT2D eigenvalue weighted by molar-refractivity contribution is 6.29. The number of hydrogen-bond acceptors (Lipinski definition) is 8. The smallest absolute Gasteiger partial charge is 0.229 e. The number of aromatic nitrogens is 4. The highest BCUT2D eigenvalue weighted by atomic mass is 35.5. The lowest BCUT2D eigenvalue weighted by Gasteiger charge is -2.34. The van der Waals surface area contributed by atoms with Crippen molar-refractivity contribution in [2.24, 2.45) is 0 Å². The predicted octanol–water partition coefficient (Wildman–Crippen LogP) is 4.65. The van der Waals surface area contributed by atoms with Crippen LogP contribution in [0.5, 0.6) is 5.75 Å². The molecule has 0 spiro atoms. The van der Waals surface area contributed by atoms with Crippen molar-refractivity contribution in [3.8, 4) is 11.4 Å². The first-order valence-corrected chi connectivity index (χ1v) is 12.5. The van der Waals surface area contributed by atoms with E-state index in [1.165, 1.54) is 0 Å². The Morgan fingerprint density at radius 1 is 1.19 bits per heavy atom. The number of nitrogens with one attached hydrogen (secondary N) is 2. The molecule has 190 valence electrons. The van der Waals surface area contributed by atoms with Crippen molar-refractivity contribution in [3.63, 3.8) is 0 Å². The fourth-order valence-corrected chi connectivity index (χ4v) is 4.82. The van der Waals surface area contributed by atoms with Gasteiger partial charge < -0.3 is 24.7 Å². The van der Waals surface area contributed by atoms with Crippen LogP contribution in [0.2, 0.25) is 5.15 Å². The molecule has 3 heterocycles. The summed E-state index contributed by atoms with van der Waals surface area (Å²) in [6.45, 7) is 4.42. The first-order valence-electron chi connectivity index (χ1n) is 12.1. The van der Waals surface area contributed by atoms with E-state index in [2.05, 4.69) is 32.7 Å². The van der Waals surface area contributed by atoms with Gasteiger partial charge in [0.05, 0.1) is 25.0 Å². The minimum absolute atomic E-state index is 0.00811. The number of methoxy groups -OCH3 is 1. The lowest BCUT2D eigenvalue weighted by molar-refractivity contribution is -0.109. The molecule has 9 nitrogen and oxygen atoms in total. The van der Waals surface area contributed by atoms with Gasteiger partial charge in [0.1, 0.15) is 29.3 Å². The average molecular weight is 518 g/mol. The van der Waals surface area contributed by atoms with Gasteiger partial charge in [0.2, 0.25) is 5.95 Å². The van der Waals surface area contributed by atoms with Crippen molar-refractivity contribution >= 4 is 35.3 Å². The van der Waals surface area contributed by atoms with Gasteiger partial charge >= 0.3 is 0 Å². The number of rotatable bonds is 9. The van der Waals surface area contributed by atoms with Crippen molar-refractivity contribution in [1.82, 2.24) is 24.4 Å². The Labute approximate surface area is 220 Å². The van der Waals surface area contributed by atoms with Gasteiger partial charge in [0.25, 0.3) is 0 Å². The molecule has 0 saturated heterocycles. The minimum Gasteiger partial charge on any atom is -0.494 e. The van der Waals surface area contributed by atoms with Crippen LogP contribution < -0.4 is 15.4 Å². The molecule has 37 heavy (non-hydrogen) atoms. The predicted molar refractivity (Wildman–Crippen MR) is 144 cm³/mol. The molecular weight excluding hydrogens is 490 g/mol. The topological polar surface area (TPSA) is 97.2 Å². The van der Waals surface area contributed by atoms with Crippen LogP contribution in [0.3, 0.4) is 0 Å². The molecule has 5 rings (SSSR count). The number of aldehydes is 1. The molecule has 0 bridgehead atoms. The van der Waals surface area contributed by atoms with Crippen LogP contribution in [0, 0.1) is 0 Å². The van der Waals surface area contributed by atoms with E-state index >= 15 is 0 Å². The number of nitrogens with zero attached hydrogens (tertiary/aromatic N) is 5. The van der Waals surface area contributed by atoms with E-state index in [9.17, 15) is 4.79 Å². The van der Waals surface area contributed by atoms with Gasteiger partial charge in [0, 0.05) is 49.1 Å². The molecule has 0 aliphatic carbocycles. The maximum absolute atomic E-state index is 11.3. The molecule has 0 saturated carbocycles. The molecule has 0 amide bonds. The van der Waals surface area contributed by atoms with Crippen LogP contribution in [-0.4, -0.2) is 57.4 Å². The summed E-state index contributed by atoms with van der Waals surface area (Å²) < 4.78 is 7.44. The van der Waals surface area contributed by atoms with Gasteiger partial charge in [-0.3, -0.25) is 4.90 Å². The fraction of sp³-hybridized carbons (Fsp3) is 0.259. The highest BCUT2D eigenvalue weighted by Crippen LogP contribution is 2.36. The summed E-state index contributed by atoms with van der Waals surface area (Å²) in [7, 11) is 1.62. The lowest BCUT2D eigenvalue weighted by atomic mass is 9.88. The second-order valence-corrected chi connectivity index (χ2v) is 9.12. The third-order valence-electron chi connectivity index (χ3n) is 6.34. The van der Waals surface area contributed by atoms with Gasteiger partial charge in [-0.15, -0.1) is 0 Å². The average Bonchev–Trinajstić information content (AvgIpc) is 3.35. The first-order chi connectivity index (χ1) is 18.1. The van der Waals surface area contributed by atoms with Crippen molar-refractivity contribution in [2.75, 3.05) is 37.4 Å². The van der Waals surface area contributed by atoms with E-state index in [0.717, 1.165) is 40.3 Å². The monoisotopic (exact) mass is 517 g/mol. The zero-order valence-corrected chi connectivity index (χ0v) is 21.4. The number of imidazole rings is 1. The molecule has 0 radical (unpaired) electrons. The number of halogens is 1. The Bertz CT molecular complexity index is 1390. The summed E-state index contributed by atoms with van der Waals surface area (Å²) >= 11 is 6.00. The van der Waals surface area contributed by atoms with E-state index in [-0.39, 0.29) is 5.92 Å². The quantitative estimate of drug-likeness (QED) is 0.310. The third kappa shape index (κ3) is 5.28. The van der Waals surface area contributed by atoms with Crippen molar-refractivity contribution in [1.29, 1.82) is 0 Å². The number of carbonyl (C=O) groups excluding carboxylic acids is 1. The Morgan fingerprint density at radius 3 is 2.73 bits per heavy atom. The molecule has 2 aromatic heterocycles. The van der Waals surface area contributed by atoms with Crippen LogP contribution in [0.25, 0.3) is 5.69 Å². The number of fused-ring (bicyclic) bond motifs is 1. The molecule has 4 aromatic rings. The Kier molecular flexibility index (Phi) is 7.34. The normalized spacial score (nSPS) is 15.2. The zero-order valence-electron chi connectivity index (χ0n) is 20.7. The lowest BCUT2D eigenvalue weighted by Crippen LogP contribution is -2.36. The molecular formula is C27H28ClN7O2. The summed E-state index contributed by atoms with van der Waals surface area (Å²) in [4.78, 5) is 27.4. The van der Waals surface area contributed by atoms with Gasteiger partial charge in [-0.25, -0.2) is 9.97 Å². The molecule has 10 heteroatoms. The number of ether oxygens (including phenoxy) is 1. The number of benzene rings is 2. The van der Waals surface area contributed by atoms with E-state index in [4.69, 9.17) is 26.3 Å². The number of anilines is 3. The summed E-state index contributed by atoms with van der Waals surface area (Å²) in [6.07, 6.45) is 4.31. The van der Waals surface area contributed by atoms with Gasteiger partial charge in [0.15, 0.2) is 0 Å². The van der Waals surface area contributed by atoms with Crippen molar-refractivity contribution in [3.05, 3.63) is 83.0 Å². The molecule has 1 aliphatic rings. The van der Waals surface area contributed by atoms with Gasteiger partial charge in [-0.2, -0.15) is 4.98 Å². The van der Waals surface area contributed by atoms with Crippen molar-refractivity contribution < 1.29 is 9.53 Å². The summed E-state index contributed by atoms with van der Waals surface area (Å²) in [5.74, 6) is 1.91.